The van der Waals surface area contributed by atoms with Gasteiger partial charge < -0.3 is 5.32 Å². The second-order valence-corrected chi connectivity index (χ2v) is 6.04. The first kappa shape index (κ1) is 16.9. The van der Waals surface area contributed by atoms with Crippen molar-refractivity contribution in [2.24, 2.45) is 0 Å². The molecule has 0 atom stereocenters. The zero-order valence-electron chi connectivity index (χ0n) is 13.4. The first-order chi connectivity index (χ1) is 12.1. The number of aromatic nitrogens is 3. The van der Waals surface area contributed by atoms with E-state index in [-0.39, 0.29) is 17.2 Å². The van der Waals surface area contributed by atoms with Gasteiger partial charge in [0.1, 0.15) is 5.82 Å². The van der Waals surface area contributed by atoms with Crippen LogP contribution in [0.1, 0.15) is 16.2 Å². The van der Waals surface area contributed by atoms with E-state index in [4.69, 9.17) is 0 Å². The van der Waals surface area contributed by atoms with Crippen LogP contribution in [0.2, 0.25) is 0 Å². The van der Waals surface area contributed by atoms with Crippen LogP contribution in [-0.4, -0.2) is 38.2 Å². The molecule has 3 aromatic rings. The van der Waals surface area contributed by atoms with Gasteiger partial charge in [-0.2, -0.15) is 0 Å². The largest absolute Gasteiger partial charge is 0.352 e. The summed E-state index contributed by atoms with van der Waals surface area (Å²) in [7, 11) is 0. The standard InChI is InChI=1S/C16H15N5O3S/c1-25-13-6-5-11(10-12(13)21(23)24)16(22)17-8-7-15-19-18-14-4-2-3-9-20(14)15/h2-6,9-10H,7-8H2,1H3,(H,17,22). The van der Waals surface area contributed by atoms with Gasteiger partial charge in [-0.25, -0.2) is 0 Å². The molecule has 0 saturated heterocycles. The molecule has 0 fully saturated rings. The average Bonchev–Trinajstić information content (AvgIpc) is 3.04. The van der Waals surface area contributed by atoms with Crippen LogP contribution in [0.15, 0.2) is 47.5 Å². The number of nitrogens with one attached hydrogen (secondary N) is 1. The summed E-state index contributed by atoms with van der Waals surface area (Å²) >= 11 is 1.27. The number of nitro benzene ring substituents is 1. The molecule has 0 spiro atoms. The molecule has 0 aliphatic heterocycles. The Balaban J connectivity index is 1.66. The van der Waals surface area contributed by atoms with E-state index in [1.165, 1.54) is 17.8 Å². The van der Waals surface area contributed by atoms with Gasteiger partial charge in [0, 0.05) is 30.8 Å². The molecule has 1 amide bonds. The Morgan fingerprint density at radius 1 is 1.32 bits per heavy atom. The lowest BCUT2D eigenvalue weighted by atomic mass is 10.2. The first-order valence-electron chi connectivity index (χ1n) is 7.49. The molecule has 0 aliphatic rings. The van der Waals surface area contributed by atoms with Crippen LogP contribution in [0.4, 0.5) is 5.69 Å². The molecule has 9 heteroatoms. The fourth-order valence-electron chi connectivity index (χ4n) is 2.43. The van der Waals surface area contributed by atoms with Crippen LogP contribution in [0.25, 0.3) is 5.65 Å². The Morgan fingerprint density at radius 3 is 2.92 bits per heavy atom. The Labute approximate surface area is 147 Å². The highest BCUT2D eigenvalue weighted by molar-refractivity contribution is 7.98. The number of carbonyl (C=O) groups excluding carboxylic acids is 1. The molecule has 8 nitrogen and oxygen atoms in total. The van der Waals surface area contributed by atoms with E-state index in [0.29, 0.717) is 17.9 Å². The van der Waals surface area contributed by atoms with E-state index >= 15 is 0 Å². The van der Waals surface area contributed by atoms with E-state index in [0.717, 1.165) is 11.5 Å². The molecule has 0 saturated carbocycles. The average molecular weight is 357 g/mol. The maximum atomic E-state index is 12.2. The number of hydrogen-bond donors (Lipinski definition) is 1. The zero-order valence-corrected chi connectivity index (χ0v) is 14.2. The monoisotopic (exact) mass is 357 g/mol. The number of rotatable bonds is 6. The van der Waals surface area contributed by atoms with Gasteiger partial charge in [0.2, 0.25) is 0 Å². The quantitative estimate of drug-likeness (QED) is 0.413. The van der Waals surface area contributed by atoms with Gasteiger partial charge in [-0.1, -0.05) is 6.07 Å². The van der Waals surface area contributed by atoms with Crippen molar-refractivity contribution in [1.29, 1.82) is 0 Å². The molecule has 0 unspecified atom stereocenters. The molecule has 0 bridgehead atoms. The molecule has 0 aliphatic carbocycles. The van der Waals surface area contributed by atoms with Gasteiger partial charge in [-0.05, 0) is 30.5 Å². The molecule has 1 aromatic carbocycles. The third kappa shape index (κ3) is 3.61. The lowest BCUT2D eigenvalue weighted by Crippen LogP contribution is -2.26. The van der Waals surface area contributed by atoms with Crippen LogP contribution in [0.5, 0.6) is 0 Å². The van der Waals surface area contributed by atoms with Crippen molar-refractivity contribution in [3.63, 3.8) is 0 Å². The van der Waals surface area contributed by atoms with E-state index in [1.807, 2.05) is 28.8 Å². The fourth-order valence-corrected chi connectivity index (χ4v) is 2.97. The van der Waals surface area contributed by atoms with Crippen molar-refractivity contribution in [2.45, 2.75) is 11.3 Å². The Bertz CT molecular complexity index is 940. The van der Waals surface area contributed by atoms with Gasteiger partial charge in [0.05, 0.1) is 9.82 Å². The molecule has 128 valence electrons. The maximum absolute atomic E-state index is 12.2. The van der Waals surface area contributed by atoms with Crippen molar-refractivity contribution < 1.29 is 9.72 Å². The minimum absolute atomic E-state index is 0.0661. The first-order valence-corrected chi connectivity index (χ1v) is 8.72. The summed E-state index contributed by atoms with van der Waals surface area (Å²) in [5, 5.41) is 22.0. The third-order valence-electron chi connectivity index (χ3n) is 3.66. The molecule has 0 radical (unpaired) electrons. The number of nitrogens with zero attached hydrogens (tertiary/aromatic N) is 4. The van der Waals surface area contributed by atoms with Crippen LogP contribution in [0, 0.1) is 10.1 Å². The summed E-state index contributed by atoms with van der Waals surface area (Å²) in [6, 6.07) is 10.1. The Kier molecular flexibility index (Phi) is 4.94. The van der Waals surface area contributed by atoms with Gasteiger partial charge in [0.25, 0.3) is 11.6 Å². The van der Waals surface area contributed by atoms with E-state index in [1.54, 1.807) is 18.4 Å². The number of benzene rings is 1. The van der Waals surface area contributed by atoms with E-state index in [2.05, 4.69) is 15.5 Å². The fraction of sp³-hybridized carbons (Fsp3) is 0.188. The summed E-state index contributed by atoms with van der Waals surface area (Å²) in [6.45, 7) is 0.354. The smallest absolute Gasteiger partial charge is 0.283 e. The number of hydrogen-bond acceptors (Lipinski definition) is 6. The highest BCUT2D eigenvalue weighted by Crippen LogP contribution is 2.28. The topological polar surface area (TPSA) is 102 Å². The van der Waals surface area contributed by atoms with Gasteiger partial charge in [0.15, 0.2) is 5.65 Å². The van der Waals surface area contributed by atoms with Crippen molar-refractivity contribution >= 4 is 29.0 Å². The van der Waals surface area contributed by atoms with Crippen molar-refractivity contribution in [1.82, 2.24) is 19.9 Å². The maximum Gasteiger partial charge on any atom is 0.283 e. The van der Waals surface area contributed by atoms with Crippen LogP contribution < -0.4 is 5.32 Å². The molecular formula is C16H15N5O3S. The number of pyridine rings is 1. The second kappa shape index (κ2) is 7.31. The summed E-state index contributed by atoms with van der Waals surface area (Å²) in [6.07, 6.45) is 4.11. The van der Waals surface area contributed by atoms with Crippen molar-refractivity contribution in [2.75, 3.05) is 12.8 Å². The summed E-state index contributed by atoms with van der Waals surface area (Å²) < 4.78 is 1.85. The lowest BCUT2D eigenvalue weighted by Gasteiger charge is -2.06. The number of carbonyl (C=O) groups is 1. The number of nitro groups is 1. The zero-order chi connectivity index (χ0) is 17.8. The molecule has 3 rings (SSSR count). The predicted molar refractivity (Wildman–Crippen MR) is 93.9 cm³/mol. The van der Waals surface area contributed by atoms with Gasteiger partial charge in [-0.15, -0.1) is 22.0 Å². The Morgan fingerprint density at radius 2 is 2.16 bits per heavy atom. The predicted octanol–water partition coefficient (Wildman–Crippen LogP) is 2.33. The molecule has 25 heavy (non-hydrogen) atoms. The highest BCUT2D eigenvalue weighted by atomic mass is 32.2. The van der Waals surface area contributed by atoms with E-state index in [9.17, 15) is 14.9 Å². The minimum atomic E-state index is -0.481. The van der Waals surface area contributed by atoms with Crippen LogP contribution in [0.3, 0.4) is 0 Å². The normalized spacial score (nSPS) is 10.8. The van der Waals surface area contributed by atoms with Gasteiger partial charge >= 0.3 is 0 Å². The molecule has 2 aromatic heterocycles. The second-order valence-electron chi connectivity index (χ2n) is 5.19. The van der Waals surface area contributed by atoms with Crippen LogP contribution >= 0.6 is 11.8 Å². The summed E-state index contributed by atoms with van der Waals surface area (Å²) in [5.41, 5.74) is 0.936. The minimum Gasteiger partial charge on any atom is -0.352 e. The Hall–Kier alpha value is -2.94. The molecular weight excluding hydrogens is 342 g/mol. The van der Waals surface area contributed by atoms with Crippen molar-refractivity contribution in [3.05, 3.63) is 64.1 Å². The number of amides is 1. The highest BCUT2D eigenvalue weighted by Gasteiger charge is 2.17. The van der Waals surface area contributed by atoms with Gasteiger partial charge in [-0.3, -0.25) is 19.3 Å². The molecule has 2 heterocycles. The van der Waals surface area contributed by atoms with Crippen LogP contribution in [-0.2, 0) is 6.42 Å². The number of fused-ring (bicyclic) bond motifs is 1. The number of thioether (sulfide) groups is 1. The van der Waals surface area contributed by atoms with Crippen molar-refractivity contribution in [3.8, 4) is 0 Å². The molecule has 1 N–H and O–H groups in total. The summed E-state index contributed by atoms with van der Waals surface area (Å²) in [4.78, 5) is 23.4. The summed E-state index contributed by atoms with van der Waals surface area (Å²) in [5.74, 6) is 0.379. The lowest BCUT2D eigenvalue weighted by molar-refractivity contribution is -0.387. The third-order valence-corrected chi connectivity index (χ3v) is 4.44. The SMILES string of the molecule is CSc1ccc(C(=O)NCCc2nnc3ccccn23)cc1[N+](=O)[O-]. The van der Waals surface area contributed by atoms with E-state index < -0.39 is 4.92 Å².